The number of benzene rings is 2. The molecule has 5 nitrogen and oxygen atoms in total. The Morgan fingerprint density at radius 3 is 2.21 bits per heavy atom. The van der Waals surface area contributed by atoms with Crippen molar-refractivity contribution in [3.05, 3.63) is 70.8 Å². The SMILES string of the molecule is CC(C)(C)c1cccc(C2(NCC(O)CCc3cc(F)cc(F)c3)CCCCC2)c1.NC(N)=O. The molecule has 2 aromatic rings. The maximum Gasteiger partial charge on any atom is 0.309 e. The van der Waals surface area contributed by atoms with Gasteiger partial charge in [-0.05, 0) is 59.9 Å². The Labute approximate surface area is 201 Å². The molecule has 1 aliphatic carbocycles. The first-order valence-corrected chi connectivity index (χ1v) is 12.0. The number of hydrogen-bond acceptors (Lipinski definition) is 3. The van der Waals surface area contributed by atoms with Gasteiger partial charge in [0, 0.05) is 18.2 Å². The summed E-state index contributed by atoms with van der Waals surface area (Å²) in [5.74, 6) is -1.14. The summed E-state index contributed by atoms with van der Waals surface area (Å²) in [6, 6.07) is 11.6. The molecular formula is C27H39F2N3O2. The fraction of sp³-hybridized carbons (Fsp3) is 0.519. The van der Waals surface area contributed by atoms with Gasteiger partial charge < -0.3 is 21.9 Å². The zero-order valence-corrected chi connectivity index (χ0v) is 20.5. The molecule has 0 aromatic heterocycles. The fourth-order valence-electron chi connectivity index (χ4n) is 4.51. The highest BCUT2D eigenvalue weighted by atomic mass is 19.1. The smallest absolute Gasteiger partial charge is 0.309 e. The molecule has 0 saturated heterocycles. The average Bonchev–Trinajstić information content (AvgIpc) is 2.75. The molecule has 2 amide bonds. The minimum atomic E-state index is -0.833. The molecule has 1 fully saturated rings. The first-order valence-electron chi connectivity index (χ1n) is 12.0. The maximum absolute atomic E-state index is 13.4. The van der Waals surface area contributed by atoms with Crippen LogP contribution < -0.4 is 16.8 Å². The van der Waals surface area contributed by atoms with Crippen LogP contribution in [0.2, 0.25) is 0 Å². The van der Waals surface area contributed by atoms with Crippen molar-refractivity contribution in [2.24, 2.45) is 11.5 Å². The minimum Gasteiger partial charge on any atom is -0.392 e. The van der Waals surface area contributed by atoms with Gasteiger partial charge in [0.05, 0.1) is 6.10 Å². The average molecular weight is 476 g/mol. The third kappa shape index (κ3) is 8.69. The van der Waals surface area contributed by atoms with Gasteiger partial charge in [0.1, 0.15) is 11.6 Å². The molecule has 1 aliphatic rings. The quantitative estimate of drug-likeness (QED) is 0.452. The number of carbonyl (C=O) groups excluding carboxylic acids is 1. The van der Waals surface area contributed by atoms with E-state index < -0.39 is 23.8 Å². The van der Waals surface area contributed by atoms with Crippen molar-refractivity contribution < 1.29 is 18.7 Å². The molecule has 0 radical (unpaired) electrons. The topological polar surface area (TPSA) is 101 Å². The number of carbonyl (C=O) groups is 1. The van der Waals surface area contributed by atoms with Crippen LogP contribution >= 0.6 is 0 Å². The van der Waals surface area contributed by atoms with Crippen molar-refractivity contribution in [2.45, 2.75) is 82.8 Å². The molecule has 0 aliphatic heterocycles. The molecule has 1 atom stereocenters. The van der Waals surface area contributed by atoms with E-state index in [1.54, 1.807) is 0 Å². The Hall–Kier alpha value is -2.51. The Bertz CT molecular complexity index is 913. The number of primary amides is 2. The van der Waals surface area contributed by atoms with E-state index in [2.05, 4.69) is 61.8 Å². The monoisotopic (exact) mass is 475 g/mol. The maximum atomic E-state index is 13.4. The number of aliphatic hydroxyl groups excluding tert-OH is 1. The molecule has 0 spiro atoms. The van der Waals surface area contributed by atoms with E-state index in [9.17, 15) is 13.9 Å². The molecule has 34 heavy (non-hydrogen) atoms. The number of nitrogens with one attached hydrogen (secondary N) is 1. The molecule has 3 rings (SSSR count). The van der Waals surface area contributed by atoms with Crippen LogP contribution in [0.1, 0.15) is 76.0 Å². The van der Waals surface area contributed by atoms with Crippen molar-refractivity contribution in [1.29, 1.82) is 0 Å². The molecule has 0 heterocycles. The highest BCUT2D eigenvalue weighted by molar-refractivity contribution is 5.69. The lowest BCUT2D eigenvalue weighted by Crippen LogP contribution is -2.47. The Kier molecular flexibility index (Phi) is 10.0. The van der Waals surface area contributed by atoms with Crippen LogP contribution in [0.3, 0.4) is 0 Å². The summed E-state index contributed by atoms with van der Waals surface area (Å²) >= 11 is 0. The summed E-state index contributed by atoms with van der Waals surface area (Å²) in [4.78, 5) is 9.00. The van der Waals surface area contributed by atoms with Crippen LogP contribution in [0.5, 0.6) is 0 Å². The van der Waals surface area contributed by atoms with E-state index in [-0.39, 0.29) is 11.0 Å². The largest absolute Gasteiger partial charge is 0.392 e. The molecule has 1 unspecified atom stereocenters. The molecule has 188 valence electrons. The van der Waals surface area contributed by atoms with Gasteiger partial charge in [-0.15, -0.1) is 0 Å². The van der Waals surface area contributed by atoms with Crippen LogP contribution in [-0.4, -0.2) is 23.8 Å². The van der Waals surface area contributed by atoms with Crippen LogP contribution in [0.15, 0.2) is 42.5 Å². The van der Waals surface area contributed by atoms with Gasteiger partial charge in [-0.2, -0.15) is 0 Å². The normalized spacial score (nSPS) is 16.3. The standard InChI is InChI=1S/C26H35F2NO.CH4N2O/c1-25(2,3)20-8-7-9-21(16-20)26(12-5-4-6-13-26)29-18-24(30)11-10-19-14-22(27)17-23(28)15-19;2-1(3)4/h7-9,14-17,24,29-30H,4-6,10-13,18H2,1-3H3;(H4,2,3,4). The van der Waals surface area contributed by atoms with Gasteiger partial charge >= 0.3 is 6.03 Å². The summed E-state index contributed by atoms with van der Waals surface area (Å²) in [6.45, 7) is 7.15. The van der Waals surface area contributed by atoms with Gasteiger partial charge in [0.15, 0.2) is 0 Å². The number of amides is 2. The summed E-state index contributed by atoms with van der Waals surface area (Å²) in [6.07, 6.45) is 6.05. The van der Waals surface area contributed by atoms with Crippen molar-refractivity contribution in [3.63, 3.8) is 0 Å². The number of halogens is 2. The molecule has 6 N–H and O–H groups in total. The van der Waals surface area contributed by atoms with Gasteiger partial charge in [-0.1, -0.05) is 64.3 Å². The number of rotatable bonds is 7. The second-order valence-corrected chi connectivity index (χ2v) is 10.2. The van der Waals surface area contributed by atoms with Crippen molar-refractivity contribution in [3.8, 4) is 0 Å². The van der Waals surface area contributed by atoms with E-state index in [4.69, 9.17) is 4.79 Å². The number of hydrogen-bond donors (Lipinski definition) is 4. The lowest BCUT2D eigenvalue weighted by Gasteiger charge is -2.40. The minimum absolute atomic E-state index is 0.0889. The summed E-state index contributed by atoms with van der Waals surface area (Å²) in [5.41, 5.74) is 11.7. The first kappa shape index (κ1) is 27.7. The van der Waals surface area contributed by atoms with Gasteiger partial charge in [0.25, 0.3) is 0 Å². The van der Waals surface area contributed by atoms with E-state index in [1.165, 1.54) is 42.5 Å². The molecular weight excluding hydrogens is 436 g/mol. The van der Waals surface area contributed by atoms with Gasteiger partial charge in [-0.3, -0.25) is 0 Å². The summed E-state index contributed by atoms with van der Waals surface area (Å²) < 4.78 is 26.8. The van der Waals surface area contributed by atoms with Gasteiger partial charge in [-0.25, -0.2) is 13.6 Å². The van der Waals surface area contributed by atoms with Crippen LogP contribution in [0, 0.1) is 11.6 Å². The summed E-state index contributed by atoms with van der Waals surface area (Å²) in [5, 5.41) is 14.3. The zero-order chi connectivity index (χ0) is 25.4. The Morgan fingerprint density at radius 2 is 1.65 bits per heavy atom. The van der Waals surface area contributed by atoms with E-state index in [0.29, 0.717) is 24.9 Å². The zero-order valence-electron chi connectivity index (χ0n) is 20.5. The number of urea groups is 1. The van der Waals surface area contributed by atoms with E-state index in [1.807, 2.05) is 0 Å². The molecule has 0 bridgehead atoms. The Morgan fingerprint density at radius 1 is 1.06 bits per heavy atom. The number of aryl methyl sites for hydroxylation is 1. The predicted molar refractivity (Wildman–Crippen MR) is 132 cm³/mol. The molecule has 1 saturated carbocycles. The molecule has 7 heteroatoms. The highest BCUT2D eigenvalue weighted by Gasteiger charge is 2.34. The lowest BCUT2D eigenvalue weighted by molar-refractivity contribution is 0.131. The summed E-state index contributed by atoms with van der Waals surface area (Å²) in [7, 11) is 0. The highest BCUT2D eigenvalue weighted by Crippen LogP contribution is 2.38. The predicted octanol–water partition coefficient (Wildman–Crippen LogP) is 5.03. The number of nitrogens with two attached hydrogens (primary N) is 2. The van der Waals surface area contributed by atoms with Crippen LogP contribution in [-0.2, 0) is 17.4 Å². The first-order chi connectivity index (χ1) is 15.9. The number of aliphatic hydroxyl groups is 1. The van der Waals surface area contributed by atoms with Crippen LogP contribution in [0.4, 0.5) is 13.6 Å². The third-order valence-electron chi connectivity index (χ3n) is 6.35. The van der Waals surface area contributed by atoms with Crippen molar-refractivity contribution in [1.82, 2.24) is 5.32 Å². The van der Waals surface area contributed by atoms with Crippen LogP contribution in [0.25, 0.3) is 0 Å². The van der Waals surface area contributed by atoms with Gasteiger partial charge in [0.2, 0.25) is 0 Å². The Balaban J connectivity index is 0.000000945. The third-order valence-corrected chi connectivity index (χ3v) is 6.35. The van der Waals surface area contributed by atoms with E-state index >= 15 is 0 Å². The fourth-order valence-corrected chi connectivity index (χ4v) is 4.51. The second kappa shape index (κ2) is 12.3. The van der Waals surface area contributed by atoms with Crippen molar-refractivity contribution in [2.75, 3.05) is 6.54 Å². The molecule has 2 aromatic carbocycles. The van der Waals surface area contributed by atoms with Crippen molar-refractivity contribution >= 4 is 6.03 Å². The van der Waals surface area contributed by atoms with E-state index in [0.717, 1.165) is 18.9 Å². The lowest BCUT2D eigenvalue weighted by atomic mass is 9.74. The second-order valence-electron chi connectivity index (χ2n) is 10.2.